The summed E-state index contributed by atoms with van der Waals surface area (Å²) >= 11 is 0. The first-order chi connectivity index (χ1) is 11.7. The maximum Gasteiger partial charge on any atom is 0.251 e. The summed E-state index contributed by atoms with van der Waals surface area (Å²) in [4.78, 5) is 24.2. The van der Waals surface area contributed by atoms with Gasteiger partial charge in [0.2, 0.25) is 5.91 Å². The second kappa shape index (κ2) is 8.37. The summed E-state index contributed by atoms with van der Waals surface area (Å²) in [6, 6.07) is 7.49. The van der Waals surface area contributed by atoms with E-state index in [2.05, 4.69) is 22.9 Å². The number of benzene rings is 1. The molecule has 1 fully saturated rings. The van der Waals surface area contributed by atoms with Crippen molar-refractivity contribution >= 4 is 17.5 Å². The molecule has 1 aliphatic rings. The Labute approximate surface area is 151 Å². The minimum atomic E-state index is -0.262. The Morgan fingerprint density at radius 2 is 1.72 bits per heavy atom. The van der Waals surface area contributed by atoms with Gasteiger partial charge >= 0.3 is 0 Å². The summed E-state index contributed by atoms with van der Waals surface area (Å²) in [7, 11) is 0. The lowest BCUT2D eigenvalue weighted by Gasteiger charge is -2.29. The van der Waals surface area contributed by atoms with E-state index in [-0.39, 0.29) is 23.9 Å². The molecule has 0 saturated heterocycles. The van der Waals surface area contributed by atoms with Crippen LogP contribution >= 0.6 is 0 Å². The summed E-state index contributed by atoms with van der Waals surface area (Å²) in [6.07, 6.45) is 4.72. The zero-order valence-corrected chi connectivity index (χ0v) is 15.8. The number of rotatable bonds is 5. The van der Waals surface area contributed by atoms with Gasteiger partial charge in [0.1, 0.15) is 0 Å². The molecule has 0 unspecified atom stereocenters. The Morgan fingerprint density at radius 3 is 2.32 bits per heavy atom. The van der Waals surface area contributed by atoms with E-state index in [4.69, 9.17) is 0 Å². The number of nitrogens with one attached hydrogen (secondary N) is 3. The lowest BCUT2D eigenvalue weighted by atomic mass is 9.86. The maximum atomic E-state index is 12.1. The van der Waals surface area contributed by atoms with Gasteiger partial charge in [0.05, 0.1) is 6.54 Å². The smallest absolute Gasteiger partial charge is 0.251 e. The first kappa shape index (κ1) is 19.3. The van der Waals surface area contributed by atoms with Crippen LogP contribution in [-0.2, 0) is 4.79 Å². The molecule has 0 bridgehead atoms. The van der Waals surface area contributed by atoms with Crippen LogP contribution in [0.15, 0.2) is 24.3 Å². The van der Waals surface area contributed by atoms with Crippen LogP contribution < -0.4 is 16.0 Å². The van der Waals surface area contributed by atoms with Gasteiger partial charge in [-0.15, -0.1) is 0 Å². The number of carbonyl (C=O) groups excluding carboxylic acids is 2. The van der Waals surface area contributed by atoms with Crippen LogP contribution in [0.2, 0.25) is 0 Å². The predicted octanol–water partition coefficient (Wildman–Crippen LogP) is 3.32. The monoisotopic (exact) mass is 345 g/mol. The minimum Gasteiger partial charge on any atom is -0.376 e. The fourth-order valence-electron chi connectivity index (χ4n) is 3.12. The molecule has 0 aliphatic heterocycles. The number of anilines is 1. The molecule has 2 atom stereocenters. The van der Waals surface area contributed by atoms with Crippen molar-refractivity contribution in [2.24, 2.45) is 5.92 Å². The number of hydrogen-bond acceptors (Lipinski definition) is 3. The SMILES string of the molecule is C[C@H]1CCCC[C@@H]1NC(=O)CNc1ccc(C(=O)NC(C)(C)C)cc1. The van der Waals surface area contributed by atoms with Gasteiger partial charge in [0, 0.05) is 22.8 Å². The lowest BCUT2D eigenvalue weighted by molar-refractivity contribution is -0.120. The summed E-state index contributed by atoms with van der Waals surface area (Å²) < 4.78 is 0. The van der Waals surface area contributed by atoms with Crippen molar-refractivity contribution in [2.75, 3.05) is 11.9 Å². The third-order valence-electron chi connectivity index (χ3n) is 4.55. The highest BCUT2D eigenvalue weighted by Crippen LogP contribution is 2.23. The summed E-state index contributed by atoms with van der Waals surface area (Å²) in [6.45, 7) is 8.31. The summed E-state index contributed by atoms with van der Waals surface area (Å²) in [5.74, 6) is 0.481. The van der Waals surface area contributed by atoms with Crippen molar-refractivity contribution in [3.8, 4) is 0 Å². The zero-order valence-electron chi connectivity index (χ0n) is 15.8. The number of hydrogen-bond donors (Lipinski definition) is 3. The van der Waals surface area contributed by atoms with E-state index in [1.807, 2.05) is 32.9 Å². The third kappa shape index (κ3) is 6.40. The van der Waals surface area contributed by atoms with Crippen LogP contribution in [0.25, 0.3) is 0 Å². The molecule has 2 amide bonds. The van der Waals surface area contributed by atoms with E-state index in [1.54, 1.807) is 12.1 Å². The third-order valence-corrected chi connectivity index (χ3v) is 4.55. The molecule has 1 aromatic rings. The average Bonchev–Trinajstić information content (AvgIpc) is 2.54. The minimum absolute atomic E-state index is 0.0216. The highest BCUT2D eigenvalue weighted by molar-refractivity contribution is 5.95. The van der Waals surface area contributed by atoms with Crippen molar-refractivity contribution in [3.63, 3.8) is 0 Å². The lowest BCUT2D eigenvalue weighted by Crippen LogP contribution is -2.43. The molecule has 0 spiro atoms. The maximum absolute atomic E-state index is 12.1. The molecule has 0 heterocycles. The van der Waals surface area contributed by atoms with E-state index in [9.17, 15) is 9.59 Å². The van der Waals surface area contributed by atoms with Crippen LogP contribution in [-0.4, -0.2) is 29.9 Å². The average molecular weight is 345 g/mol. The molecular weight excluding hydrogens is 314 g/mol. The van der Waals surface area contributed by atoms with Gasteiger partial charge in [-0.3, -0.25) is 9.59 Å². The van der Waals surface area contributed by atoms with Gasteiger partial charge in [0.15, 0.2) is 0 Å². The molecular formula is C20H31N3O2. The van der Waals surface area contributed by atoms with Crippen molar-refractivity contribution in [1.82, 2.24) is 10.6 Å². The van der Waals surface area contributed by atoms with Crippen LogP contribution in [0, 0.1) is 5.92 Å². The van der Waals surface area contributed by atoms with Gasteiger partial charge in [-0.2, -0.15) is 0 Å². The van der Waals surface area contributed by atoms with Gasteiger partial charge in [0.25, 0.3) is 5.91 Å². The topological polar surface area (TPSA) is 70.2 Å². The van der Waals surface area contributed by atoms with Gasteiger partial charge in [-0.1, -0.05) is 19.8 Å². The van der Waals surface area contributed by atoms with Crippen LogP contribution in [0.3, 0.4) is 0 Å². The molecule has 138 valence electrons. The standard InChI is InChI=1S/C20H31N3O2/c1-14-7-5-6-8-17(14)22-18(24)13-21-16-11-9-15(10-12-16)19(25)23-20(2,3)4/h9-12,14,17,21H,5-8,13H2,1-4H3,(H,22,24)(H,23,25)/t14-,17-/m0/s1. The molecule has 1 aliphatic carbocycles. The zero-order chi connectivity index (χ0) is 18.4. The highest BCUT2D eigenvalue weighted by atomic mass is 16.2. The Bertz CT molecular complexity index is 590. The van der Waals surface area contributed by atoms with Crippen LogP contribution in [0.4, 0.5) is 5.69 Å². The summed E-state index contributed by atoms with van der Waals surface area (Å²) in [5.41, 5.74) is 1.18. The van der Waals surface area contributed by atoms with Gasteiger partial charge < -0.3 is 16.0 Å². The number of amides is 2. The normalized spacial score (nSPS) is 20.6. The molecule has 5 heteroatoms. The van der Waals surface area contributed by atoms with E-state index in [1.165, 1.54) is 19.3 Å². The van der Waals surface area contributed by atoms with Crippen molar-refractivity contribution < 1.29 is 9.59 Å². The molecule has 0 aromatic heterocycles. The highest BCUT2D eigenvalue weighted by Gasteiger charge is 2.22. The van der Waals surface area contributed by atoms with Gasteiger partial charge in [-0.05, 0) is 63.8 Å². The second-order valence-electron chi connectivity index (χ2n) is 8.07. The molecule has 3 N–H and O–H groups in total. The first-order valence-electron chi connectivity index (χ1n) is 9.20. The van der Waals surface area contributed by atoms with Crippen LogP contribution in [0.5, 0.6) is 0 Å². The molecule has 1 saturated carbocycles. The van der Waals surface area contributed by atoms with E-state index >= 15 is 0 Å². The van der Waals surface area contributed by atoms with Crippen molar-refractivity contribution in [1.29, 1.82) is 0 Å². The van der Waals surface area contributed by atoms with Crippen LogP contribution in [0.1, 0.15) is 63.7 Å². The predicted molar refractivity (Wildman–Crippen MR) is 102 cm³/mol. The van der Waals surface area contributed by atoms with Crippen molar-refractivity contribution in [2.45, 2.75) is 65.0 Å². The fraction of sp³-hybridized carbons (Fsp3) is 0.600. The quantitative estimate of drug-likeness (QED) is 0.767. The molecule has 5 nitrogen and oxygen atoms in total. The largest absolute Gasteiger partial charge is 0.376 e. The second-order valence-corrected chi connectivity index (χ2v) is 8.07. The fourth-order valence-corrected chi connectivity index (χ4v) is 3.12. The molecule has 0 radical (unpaired) electrons. The van der Waals surface area contributed by atoms with E-state index in [0.29, 0.717) is 17.5 Å². The van der Waals surface area contributed by atoms with Crippen molar-refractivity contribution in [3.05, 3.63) is 29.8 Å². The molecule has 1 aromatic carbocycles. The molecule has 25 heavy (non-hydrogen) atoms. The Kier molecular flexibility index (Phi) is 6.45. The first-order valence-corrected chi connectivity index (χ1v) is 9.20. The Balaban J connectivity index is 1.81. The Hall–Kier alpha value is -2.04. The van der Waals surface area contributed by atoms with E-state index in [0.717, 1.165) is 12.1 Å². The number of carbonyl (C=O) groups is 2. The van der Waals surface area contributed by atoms with Gasteiger partial charge in [-0.25, -0.2) is 0 Å². The molecule has 2 rings (SSSR count). The Morgan fingerprint density at radius 1 is 1.08 bits per heavy atom. The van der Waals surface area contributed by atoms with E-state index < -0.39 is 0 Å². The summed E-state index contributed by atoms with van der Waals surface area (Å²) in [5, 5.41) is 9.18.